The number of hydrogen-bond donors (Lipinski definition) is 2. The molecular formula is C33H32Cl2FN5O5. The van der Waals surface area contributed by atoms with E-state index in [0.29, 0.717) is 64.8 Å². The lowest BCUT2D eigenvalue weighted by atomic mass is 9.78. The van der Waals surface area contributed by atoms with Crippen molar-refractivity contribution in [3.8, 4) is 28.0 Å². The number of amides is 5. The molecule has 2 N–H and O–H groups in total. The van der Waals surface area contributed by atoms with E-state index < -0.39 is 29.6 Å². The predicted molar refractivity (Wildman–Crippen MR) is 172 cm³/mol. The molecule has 3 aromatic rings. The van der Waals surface area contributed by atoms with E-state index in [9.17, 15) is 19.2 Å². The Morgan fingerprint density at radius 1 is 1.04 bits per heavy atom. The second-order valence-electron chi connectivity index (χ2n) is 12.0. The summed E-state index contributed by atoms with van der Waals surface area (Å²) in [6, 6.07) is 13.0. The maximum Gasteiger partial charge on any atom is 0.326 e. The Morgan fingerprint density at radius 3 is 2.39 bits per heavy atom. The summed E-state index contributed by atoms with van der Waals surface area (Å²) in [5, 5.41) is 6.11. The van der Waals surface area contributed by atoms with Gasteiger partial charge in [-0.2, -0.15) is 0 Å². The zero-order valence-corrected chi connectivity index (χ0v) is 27.0. The van der Waals surface area contributed by atoms with Gasteiger partial charge in [0.15, 0.2) is 0 Å². The second kappa shape index (κ2) is 12.2. The summed E-state index contributed by atoms with van der Waals surface area (Å²) in [6.07, 6.45) is 0.784. The van der Waals surface area contributed by atoms with Gasteiger partial charge in [0, 0.05) is 69.1 Å². The van der Waals surface area contributed by atoms with Crippen LogP contribution in [0.3, 0.4) is 0 Å². The number of halogens is 3. The number of likely N-dealkylation sites (tertiary alicyclic amines) is 1. The van der Waals surface area contributed by atoms with Crippen LogP contribution in [0.2, 0.25) is 10.0 Å². The van der Waals surface area contributed by atoms with Crippen molar-refractivity contribution in [1.29, 1.82) is 0 Å². The quantitative estimate of drug-likeness (QED) is 0.348. The molecule has 0 saturated carbocycles. The highest BCUT2D eigenvalue weighted by Gasteiger charge is 2.51. The van der Waals surface area contributed by atoms with Crippen molar-refractivity contribution in [3.05, 3.63) is 70.0 Å². The molecule has 3 aliphatic heterocycles. The average molecular weight is 669 g/mol. The first-order valence-corrected chi connectivity index (χ1v) is 15.5. The number of anilines is 1. The van der Waals surface area contributed by atoms with Gasteiger partial charge in [-0.05, 0) is 30.2 Å². The van der Waals surface area contributed by atoms with Gasteiger partial charge in [0.05, 0.1) is 28.3 Å². The van der Waals surface area contributed by atoms with Crippen LogP contribution in [0.25, 0.3) is 22.3 Å². The predicted octanol–water partition coefficient (Wildman–Crippen LogP) is 4.88. The molecule has 10 nitrogen and oxygen atoms in total. The number of hydrogen-bond acceptors (Lipinski definition) is 6. The lowest BCUT2D eigenvalue weighted by Crippen LogP contribution is -2.59. The van der Waals surface area contributed by atoms with Gasteiger partial charge in [0.1, 0.15) is 17.5 Å². The topological polar surface area (TPSA) is 111 Å². The Hall–Kier alpha value is -4.19. The molecule has 13 heteroatoms. The van der Waals surface area contributed by atoms with Gasteiger partial charge in [0.25, 0.3) is 0 Å². The van der Waals surface area contributed by atoms with Crippen molar-refractivity contribution in [2.45, 2.75) is 13.0 Å². The molecule has 3 fully saturated rings. The number of nitrogens with one attached hydrogen (secondary N) is 2. The Labute approximate surface area is 275 Å². The van der Waals surface area contributed by atoms with E-state index in [1.165, 1.54) is 32.2 Å². The Balaban J connectivity index is 1.25. The van der Waals surface area contributed by atoms with Crippen LogP contribution in [0, 0.1) is 17.2 Å². The minimum atomic E-state index is -1.10. The van der Waals surface area contributed by atoms with Crippen LogP contribution in [0.15, 0.2) is 48.5 Å². The van der Waals surface area contributed by atoms with Gasteiger partial charge in [-0.3, -0.25) is 24.2 Å². The van der Waals surface area contributed by atoms with Gasteiger partial charge in [-0.1, -0.05) is 53.5 Å². The molecule has 3 aromatic carbocycles. The minimum absolute atomic E-state index is 0.0617. The highest BCUT2D eigenvalue weighted by atomic mass is 35.5. The average Bonchev–Trinajstić information content (AvgIpc) is 3.40. The zero-order valence-electron chi connectivity index (χ0n) is 25.5. The maximum atomic E-state index is 15.7. The summed E-state index contributed by atoms with van der Waals surface area (Å²) in [5.41, 5.74) is 2.39. The summed E-state index contributed by atoms with van der Waals surface area (Å²) in [5.74, 6) is -2.33. The molecule has 1 atom stereocenters. The molecule has 1 unspecified atom stereocenters. The van der Waals surface area contributed by atoms with E-state index >= 15 is 4.39 Å². The van der Waals surface area contributed by atoms with Crippen molar-refractivity contribution < 1.29 is 28.3 Å². The zero-order chi connectivity index (χ0) is 32.9. The SMILES string of the molecule is COc1cc(-c2cccc(-c3cccc(NC(=O)C4CN(C)C(=O)N(C)C4=O)c3Cl)c2Cl)cc(F)c1CN1CC2(CCNC2=O)C1. The minimum Gasteiger partial charge on any atom is -0.496 e. The molecule has 46 heavy (non-hydrogen) atoms. The molecule has 240 valence electrons. The number of urea groups is 1. The molecule has 0 aromatic heterocycles. The first kappa shape index (κ1) is 31.8. The first-order chi connectivity index (χ1) is 21.9. The van der Waals surface area contributed by atoms with Crippen LogP contribution in [0.5, 0.6) is 5.75 Å². The van der Waals surface area contributed by atoms with E-state index in [1.54, 1.807) is 42.5 Å². The van der Waals surface area contributed by atoms with Crippen molar-refractivity contribution in [2.75, 3.05) is 52.7 Å². The molecule has 0 aliphatic carbocycles. The Bertz CT molecular complexity index is 1780. The monoisotopic (exact) mass is 667 g/mol. The number of carbonyl (C=O) groups is 4. The molecule has 3 saturated heterocycles. The van der Waals surface area contributed by atoms with Crippen LogP contribution < -0.4 is 15.4 Å². The summed E-state index contributed by atoms with van der Waals surface area (Å²) in [6.45, 7) is 2.06. The van der Waals surface area contributed by atoms with E-state index in [4.69, 9.17) is 27.9 Å². The molecule has 1 spiro atoms. The van der Waals surface area contributed by atoms with Crippen LogP contribution in [0.1, 0.15) is 12.0 Å². The normalized spacial score (nSPS) is 19.3. The van der Waals surface area contributed by atoms with Crippen molar-refractivity contribution in [2.24, 2.45) is 11.3 Å². The number of ether oxygens (including phenoxy) is 1. The first-order valence-electron chi connectivity index (χ1n) is 14.7. The Morgan fingerprint density at radius 2 is 1.72 bits per heavy atom. The molecule has 3 heterocycles. The van der Waals surface area contributed by atoms with Crippen molar-refractivity contribution in [1.82, 2.24) is 20.0 Å². The van der Waals surface area contributed by atoms with Crippen LogP contribution in [-0.4, -0.2) is 85.8 Å². The fourth-order valence-electron chi connectivity index (χ4n) is 6.49. The molecule has 0 radical (unpaired) electrons. The van der Waals surface area contributed by atoms with Crippen LogP contribution >= 0.6 is 23.2 Å². The van der Waals surface area contributed by atoms with Crippen molar-refractivity contribution in [3.63, 3.8) is 0 Å². The van der Waals surface area contributed by atoms with Gasteiger partial charge < -0.3 is 20.3 Å². The van der Waals surface area contributed by atoms with E-state index in [1.807, 2.05) is 4.90 Å². The van der Waals surface area contributed by atoms with Crippen LogP contribution in [0.4, 0.5) is 14.9 Å². The third-order valence-corrected chi connectivity index (χ3v) is 9.87. The largest absolute Gasteiger partial charge is 0.496 e. The fourth-order valence-corrected chi connectivity index (χ4v) is 7.11. The highest BCUT2D eigenvalue weighted by Crippen LogP contribution is 2.44. The summed E-state index contributed by atoms with van der Waals surface area (Å²) in [4.78, 5) is 54.3. The lowest BCUT2D eigenvalue weighted by molar-refractivity contribution is -0.140. The number of methoxy groups -OCH3 is 1. The third-order valence-electron chi connectivity index (χ3n) is 9.05. The highest BCUT2D eigenvalue weighted by molar-refractivity contribution is 6.39. The van der Waals surface area contributed by atoms with Crippen LogP contribution in [-0.2, 0) is 20.9 Å². The Kier molecular flexibility index (Phi) is 8.43. The number of benzene rings is 3. The van der Waals surface area contributed by atoms with E-state index in [2.05, 4.69) is 10.6 Å². The number of nitrogens with zero attached hydrogens (tertiary/aromatic N) is 3. The van der Waals surface area contributed by atoms with E-state index in [0.717, 1.165) is 11.3 Å². The van der Waals surface area contributed by atoms with Crippen molar-refractivity contribution >= 4 is 52.6 Å². The molecular weight excluding hydrogens is 636 g/mol. The van der Waals surface area contributed by atoms with Gasteiger partial charge in [0.2, 0.25) is 17.7 Å². The van der Waals surface area contributed by atoms with Gasteiger partial charge in [-0.25, -0.2) is 9.18 Å². The lowest BCUT2D eigenvalue weighted by Gasteiger charge is -2.46. The number of imide groups is 1. The molecule has 0 bridgehead atoms. The summed E-state index contributed by atoms with van der Waals surface area (Å²) < 4.78 is 21.3. The second-order valence-corrected chi connectivity index (χ2v) is 12.8. The van der Waals surface area contributed by atoms with Gasteiger partial charge >= 0.3 is 6.03 Å². The maximum absolute atomic E-state index is 15.7. The summed E-state index contributed by atoms with van der Waals surface area (Å²) in [7, 11) is 4.33. The standard InChI is InChI=1S/C33H32Cl2FN5O5/c1-39-14-23(30(43)40(2)32(39)45)29(42)38-25-9-5-8-21(28(25)35)20-7-4-6-19(27(20)34)18-12-24(36)22(26(13-18)46-3)15-41-16-33(17-41)10-11-37-31(33)44/h4-9,12-13,23H,10-11,14-17H2,1-3H3,(H,37,44)(H,38,42). The number of rotatable bonds is 7. The summed E-state index contributed by atoms with van der Waals surface area (Å²) >= 11 is 13.7. The van der Waals surface area contributed by atoms with E-state index in [-0.39, 0.29) is 28.6 Å². The molecule has 3 aliphatic rings. The smallest absolute Gasteiger partial charge is 0.326 e. The molecule has 6 rings (SSSR count). The molecule has 5 amide bonds. The fraction of sp³-hybridized carbons (Fsp3) is 0.333. The third kappa shape index (κ3) is 5.46. The number of carbonyl (C=O) groups excluding carboxylic acids is 4. The van der Waals surface area contributed by atoms with Gasteiger partial charge in [-0.15, -0.1) is 0 Å².